The second kappa shape index (κ2) is 6.18. The summed E-state index contributed by atoms with van der Waals surface area (Å²) in [7, 11) is 1.69. The van der Waals surface area contributed by atoms with E-state index >= 15 is 0 Å². The maximum Gasteiger partial charge on any atom is 0.0964 e. The highest BCUT2D eigenvalue weighted by Crippen LogP contribution is 2.18. The average molecular weight is 227 g/mol. The first kappa shape index (κ1) is 11.8. The highest BCUT2D eigenvalue weighted by Gasteiger charge is 1.96. The third-order valence-electron chi connectivity index (χ3n) is 2.64. The van der Waals surface area contributed by atoms with Crippen LogP contribution in [-0.4, -0.2) is 13.8 Å². The van der Waals surface area contributed by atoms with Gasteiger partial charge in [-0.05, 0) is 16.7 Å². The van der Waals surface area contributed by atoms with E-state index in [0.717, 1.165) is 6.54 Å². The maximum atomic E-state index is 4.95. The van der Waals surface area contributed by atoms with Gasteiger partial charge in [-0.1, -0.05) is 54.6 Å². The van der Waals surface area contributed by atoms with E-state index in [-0.39, 0.29) is 0 Å². The standard InChI is InChI=1S/C15H17NO/c1-17-12-16-11-13-7-9-15(10-8-13)14-5-3-2-4-6-14/h2-10,16H,11-12H2,1H3. The second-order valence-corrected chi connectivity index (χ2v) is 3.92. The minimum atomic E-state index is 0.584. The molecule has 2 heteroatoms. The van der Waals surface area contributed by atoms with E-state index in [0.29, 0.717) is 6.73 Å². The van der Waals surface area contributed by atoms with Crippen molar-refractivity contribution < 1.29 is 4.74 Å². The largest absolute Gasteiger partial charge is 0.370 e. The summed E-state index contributed by atoms with van der Waals surface area (Å²) in [5, 5.41) is 3.19. The molecule has 0 aliphatic rings. The van der Waals surface area contributed by atoms with E-state index in [1.165, 1.54) is 16.7 Å². The van der Waals surface area contributed by atoms with E-state index in [4.69, 9.17) is 4.74 Å². The van der Waals surface area contributed by atoms with Gasteiger partial charge < -0.3 is 4.74 Å². The van der Waals surface area contributed by atoms with Crippen molar-refractivity contribution in [3.8, 4) is 11.1 Å². The smallest absolute Gasteiger partial charge is 0.0964 e. The Bertz CT molecular complexity index is 436. The molecule has 0 fully saturated rings. The van der Waals surface area contributed by atoms with Crippen molar-refractivity contribution in [2.75, 3.05) is 13.8 Å². The van der Waals surface area contributed by atoms with Crippen molar-refractivity contribution in [2.24, 2.45) is 0 Å². The number of nitrogens with one attached hydrogen (secondary N) is 1. The average Bonchev–Trinajstić information content (AvgIpc) is 2.41. The molecule has 88 valence electrons. The lowest BCUT2D eigenvalue weighted by Gasteiger charge is -2.05. The Morgan fingerprint density at radius 3 is 2.18 bits per heavy atom. The summed E-state index contributed by atoms with van der Waals surface area (Å²) in [5.74, 6) is 0. The molecule has 0 aliphatic carbocycles. The molecule has 2 aromatic rings. The molecular formula is C15H17NO. The Morgan fingerprint density at radius 1 is 0.882 bits per heavy atom. The SMILES string of the molecule is COCNCc1ccc(-c2ccccc2)cc1. The van der Waals surface area contributed by atoms with Gasteiger partial charge in [0.15, 0.2) is 0 Å². The van der Waals surface area contributed by atoms with Crippen LogP contribution in [0.3, 0.4) is 0 Å². The molecule has 0 spiro atoms. The first-order valence-electron chi connectivity index (χ1n) is 5.74. The van der Waals surface area contributed by atoms with Crippen LogP contribution in [0.5, 0.6) is 0 Å². The first-order valence-corrected chi connectivity index (χ1v) is 5.74. The van der Waals surface area contributed by atoms with Gasteiger partial charge in [0, 0.05) is 13.7 Å². The lowest BCUT2D eigenvalue weighted by Crippen LogP contribution is -2.15. The maximum absolute atomic E-state index is 4.95. The van der Waals surface area contributed by atoms with E-state index < -0.39 is 0 Å². The Kier molecular flexibility index (Phi) is 4.30. The number of hydrogen-bond acceptors (Lipinski definition) is 2. The van der Waals surface area contributed by atoms with Gasteiger partial charge in [-0.2, -0.15) is 0 Å². The quantitative estimate of drug-likeness (QED) is 0.626. The molecule has 0 radical (unpaired) electrons. The van der Waals surface area contributed by atoms with Crippen molar-refractivity contribution in [3.05, 3.63) is 60.2 Å². The zero-order chi connectivity index (χ0) is 11.9. The van der Waals surface area contributed by atoms with Crippen LogP contribution in [0.2, 0.25) is 0 Å². The van der Waals surface area contributed by atoms with Crippen LogP contribution in [0.1, 0.15) is 5.56 Å². The summed E-state index contributed by atoms with van der Waals surface area (Å²) in [6, 6.07) is 19.0. The molecule has 0 saturated heterocycles. The van der Waals surface area contributed by atoms with Crippen molar-refractivity contribution in [1.82, 2.24) is 5.32 Å². The molecule has 17 heavy (non-hydrogen) atoms. The van der Waals surface area contributed by atoms with Crippen molar-refractivity contribution in [2.45, 2.75) is 6.54 Å². The summed E-state index contributed by atoms with van der Waals surface area (Å²) in [6.45, 7) is 1.42. The molecule has 0 unspecified atom stereocenters. The van der Waals surface area contributed by atoms with Crippen molar-refractivity contribution in [1.29, 1.82) is 0 Å². The highest BCUT2D eigenvalue weighted by atomic mass is 16.5. The number of methoxy groups -OCH3 is 1. The Morgan fingerprint density at radius 2 is 1.53 bits per heavy atom. The zero-order valence-corrected chi connectivity index (χ0v) is 10.0. The molecular weight excluding hydrogens is 210 g/mol. The van der Waals surface area contributed by atoms with Crippen LogP contribution in [0.4, 0.5) is 0 Å². The van der Waals surface area contributed by atoms with E-state index in [2.05, 4.69) is 53.8 Å². The number of ether oxygens (including phenoxy) is 1. The molecule has 2 rings (SSSR count). The second-order valence-electron chi connectivity index (χ2n) is 3.92. The van der Waals surface area contributed by atoms with Gasteiger partial charge in [-0.3, -0.25) is 5.32 Å². The highest BCUT2D eigenvalue weighted by molar-refractivity contribution is 5.63. The van der Waals surface area contributed by atoms with Gasteiger partial charge in [0.2, 0.25) is 0 Å². The van der Waals surface area contributed by atoms with Crippen LogP contribution in [0.25, 0.3) is 11.1 Å². The molecule has 0 atom stereocenters. The van der Waals surface area contributed by atoms with Crippen LogP contribution >= 0.6 is 0 Å². The van der Waals surface area contributed by atoms with Gasteiger partial charge in [-0.15, -0.1) is 0 Å². The predicted molar refractivity (Wildman–Crippen MR) is 70.6 cm³/mol. The van der Waals surface area contributed by atoms with Crippen molar-refractivity contribution in [3.63, 3.8) is 0 Å². The summed E-state index contributed by atoms with van der Waals surface area (Å²) < 4.78 is 4.95. The fraction of sp³-hybridized carbons (Fsp3) is 0.200. The molecule has 0 saturated carbocycles. The molecule has 2 nitrogen and oxygen atoms in total. The minimum absolute atomic E-state index is 0.584. The topological polar surface area (TPSA) is 21.3 Å². The lowest BCUT2D eigenvalue weighted by molar-refractivity contribution is 0.174. The van der Waals surface area contributed by atoms with E-state index in [1.54, 1.807) is 7.11 Å². The fourth-order valence-corrected chi connectivity index (χ4v) is 1.74. The van der Waals surface area contributed by atoms with Gasteiger partial charge >= 0.3 is 0 Å². The molecule has 0 heterocycles. The fourth-order valence-electron chi connectivity index (χ4n) is 1.74. The van der Waals surface area contributed by atoms with Gasteiger partial charge in [-0.25, -0.2) is 0 Å². The molecule has 0 amide bonds. The number of rotatable bonds is 5. The third-order valence-corrected chi connectivity index (χ3v) is 2.64. The third kappa shape index (κ3) is 3.41. The molecule has 0 bridgehead atoms. The summed E-state index contributed by atoms with van der Waals surface area (Å²) in [6.07, 6.45) is 0. The molecule has 0 aromatic heterocycles. The lowest BCUT2D eigenvalue weighted by atomic mass is 10.0. The molecule has 2 aromatic carbocycles. The normalized spacial score (nSPS) is 10.4. The van der Waals surface area contributed by atoms with Crippen LogP contribution in [0, 0.1) is 0 Å². The van der Waals surface area contributed by atoms with Gasteiger partial charge in [0.1, 0.15) is 0 Å². The minimum Gasteiger partial charge on any atom is -0.370 e. The molecule has 1 N–H and O–H groups in total. The summed E-state index contributed by atoms with van der Waals surface area (Å²) in [4.78, 5) is 0. The van der Waals surface area contributed by atoms with E-state index in [9.17, 15) is 0 Å². The summed E-state index contributed by atoms with van der Waals surface area (Å²) >= 11 is 0. The Balaban J connectivity index is 2.03. The zero-order valence-electron chi connectivity index (χ0n) is 10.0. The Labute approximate surface area is 102 Å². The summed E-state index contributed by atoms with van der Waals surface area (Å²) in [5.41, 5.74) is 3.77. The number of hydrogen-bond donors (Lipinski definition) is 1. The van der Waals surface area contributed by atoms with Crippen LogP contribution in [0.15, 0.2) is 54.6 Å². The predicted octanol–water partition coefficient (Wildman–Crippen LogP) is 3.05. The van der Waals surface area contributed by atoms with Gasteiger partial charge in [0.05, 0.1) is 6.73 Å². The number of benzene rings is 2. The Hall–Kier alpha value is -1.64. The van der Waals surface area contributed by atoms with Gasteiger partial charge in [0.25, 0.3) is 0 Å². The molecule has 0 aliphatic heterocycles. The van der Waals surface area contributed by atoms with Crippen LogP contribution < -0.4 is 5.32 Å². The first-order chi connectivity index (χ1) is 8.40. The van der Waals surface area contributed by atoms with Crippen LogP contribution in [-0.2, 0) is 11.3 Å². The van der Waals surface area contributed by atoms with E-state index in [1.807, 2.05) is 6.07 Å². The van der Waals surface area contributed by atoms with Crippen molar-refractivity contribution >= 4 is 0 Å². The monoisotopic (exact) mass is 227 g/mol.